The van der Waals surface area contributed by atoms with E-state index in [1.807, 2.05) is 11.9 Å². The van der Waals surface area contributed by atoms with E-state index in [1.165, 1.54) is 44.5 Å². The fourth-order valence-corrected chi connectivity index (χ4v) is 2.17. The molecular weight excluding hydrogens is 142 g/mol. The van der Waals surface area contributed by atoms with Gasteiger partial charge in [-0.1, -0.05) is 25.3 Å². The number of hydrogen-bond donors (Lipinski definition) is 0. The first kappa shape index (κ1) is 8.41. The van der Waals surface area contributed by atoms with Gasteiger partial charge in [0.15, 0.2) is 0 Å². The quantitative estimate of drug-likeness (QED) is 0.582. The molecule has 0 atom stereocenters. The Labute approximate surface area is 68.3 Å². The van der Waals surface area contributed by atoms with Crippen molar-refractivity contribution in [2.24, 2.45) is 0 Å². The fraction of sp³-hybridized carbons (Fsp3) is 1.00. The second-order valence-electron chi connectivity index (χ2n) is 2.82. The molecule has 1 nitrogen and oxygen atoms in total. The van der Waals surface area contributed by atoms with Crippen molar-refractivity contribution in [3.8, 4) is 0 Å². The lowest BCUT2D eigenvalue weighted by atomic mass is 10.2. The van der Waals surface area contributed by atoms with Gasteiger partial charge in [0.1, 0.15) is 0 Å². The van der Waals surface area contributed by atoms with E-state index in [-0.39, 0.29) is 0 Å². The molecule has 1 fully saturated rings. The van der Waals surface area contributed by atoms with Gasteiger partial charge in [-0.15, -0.1) is 0 Å². The normalized spacial score (nSPS) is 21.3. The Morgan fingerprint density at radius 1 is 1.20 bits per heavy atom. The van der Waals surface area contributed by atoms with Crippen LogP contribution in [0.25, 0.3) is 0 Å². The van der Waals surface area contributed by atoms with Gasteiger partial charge in [0, 0.05) is 18.8 Å². The third-order valence-corrected chi connectivity index (χ3v) is 3.11. The van der Waals surface area contributed by atoms with Crippen LogP contribution >= 0.6 is 11.9 Å². The highest BCUT2D eigenvalue weighted by molar-refractivity contribution is 7.97. The molecule has 1 saturated heterocycles. The lowest BCUT2D eigenvalue weighted by molar-refractivity contribution is 0.380. The summed E-state index contributed by atoms with van der Waals surface area (Å²) in [7, 11) is 0. The number of rotatable bonds is 3. The highest BCUT2D eigenvalue weighted by atomic mass is 32.2. The minimum absolute atomic E-state index is 1.31. The average molecular weight is 159 g/mol. The molecule has 1 aliphatic heterocycles. The maximum atomic E-state index is 2.52. The molecular formula is C8H17NS. The van der Waals surface area contributed by atoms with Gasteiger partial charge >= 0.3 is 0 Å². The smallest absolute Gasteiger partial charge is 0.00893 e. The van der Waals surface area contributed by atoms with Crippen molar-refractivity contribution in [2.75, 3.05) is 18.8 Å². The van der Waals surface area contributed by atoms with Crippen LogP contribution in [0.15, 0.2) is 0 Å². The SMILES string of the molecule is CCCSN1CCCCC1. The van der Waals surface area contributed by atoms with Crippen molar-refractivity contribution in [1.82, 2.24) is 4.31 Å². The topological polar surface area (TPSA) is 3.24 Å². The first-order valence-corrected chi connectivity index (χ1v) is 5.25. The predicted molar refractivity (Wildman–Crippen MR) is 48.2 cm³/mol. The third kappa shape index (κ3) is 2.93. The maximum absolute atomic E-state index is 2.52. The molecule has 0 saturated carbocycles. The van der Waals surface area contributed by atoms with Crippen LogP contribution < -0.4 is 0 Å². The van der Waals surface area contributed by atoms with E-state index < -0.39 is 0 Å². The molecule has 0 amide bonds. The maximum Gasteiger partial charge on any atom is 0.00893 e. The summed E-state index contributed by atoms with van der Waals surface area (Å²) in [6, 6.07) is 0. The summed E-state index contributed by atoms with van der Waals surface area (Å²) >= 11 is 2.03. The van der Waals surface area contributed by atoms with E-state index in [4.69, 9.17) is 0 Å². The van der Waals surface area contributed by atoms with Crippen molar-refractivity contribution in [3.05, 3.63) is 0 Å². The molecule has 0 aromatic heterocycles. The fourth-order valence-electron chi connectivity index (χ4n) is 1.21. The monoisotopic (exact) mass is 159 g/mol. The molecule has 0 aliphatic carbocycles. The summed E-state index contributed by atoms with van der Waals surface area (Å²) in [6.45, 7) is 4.90. The van der Waals surface area contributed by atoms with Crippen molar-refractivity contribution in [1.29, 1.82) is 0 Å². The number of hydrogen-bond acceptors (Lipinski definition) is 2. The lowest BCUT2D eigenvalue weighted by Crippen LogP contribution is -2.23. The molecule has 1 heterocycles. The standard InChI is InChI=1S/C8H17NS/c1-2-8-10-9-6-4-3-5-7-9/h2-8H2,1H3. The van der Waals surface area contributed by atoms with Crippen LogP contribution in [-0.4, -0.2) is 23.1 Å². The van der Waals surface area contributed by atoms with Gasteiger partial charge in [0.25, 0.3) is 0 Å². The Balaban J connectivity index is 2.02. The second-order valence-corrected chi connectivity index (χ2v) is 4.01. The van der Waals surface area contributed by atoms with Gasteiger partial charge in [0.2, 0.25) is 0 Å². The molecule has 0 bridgehead atoms. The van der Waals surface area contributed by atoms with Gasteiger partial charge in [-0.2, -0.15) is 0 Å². The van der Waals surface area contributed by atoms with Crippen LogP contribution in [0.3, 0.4) is 0 Å². The van der Waals surface area contributed by atoms with Crippen molar-refractivity contribution < 1.29 is 0 Å². The average Bonchev–Trinajstić information content (AvgIpc) is 2.03. The van der Waals surface area contributed by atoms with Crippen LogP contribution in [0.5, 0.6) is 0 Å². The molecule has 0 unspecified atom stereocenters. The molecule has 1 aliphatic rings. The van der Waals surface area contributed by atoms with E-state index in [0.29, 0.717) is 0 Å². The van der Waals surface area contributed by atoms with Gasteiger partial charge in [-0.25, -0.2) is 0 Å². The van der Waals surface area contributed by atoms with Crippen molar-refractivity contribution >= 4 is 11.9 Å². The van der Waals surface area contributed by atoms with E-state index in [1.54, 1.807) is 0 Å². The van der Waals surface area contributed by atoms with E-state index in [2.05, 4.69) is 11.2 Å². The highest BCUT2D eigenvalue weighted by Gasteiger charge is 2.08. The van der Waals surface area contributed by atoms with Crippen LogP contribution in [0.1, 0.15) is 32.6 Å². The highest BCUT2D eigenvalue weighted by Crippen LogP contribution is 2.17. The van der Waals surface area contributed by atoms with E-state index >= 15 is 0 Å². The van der Waals surface area contributed by atoms with Crippen LogP contribution in [0.4, 0.5) is 0 Å². The zero-order valence-electron chi connectivity index (χ0n) is 6.81. The summed E-state index contributed by atoms with van der Waals surface area (Å²) in [5, 5.41) is 0. The first-order chi connectivity index (χ1) is 4.93. The van der Waals surface area contributed by atoms with Gasteiger partial charge in [0.05, 0.1) is 0 Å². The minimum Gasteiger partial charge on any atom is -0.251 e. The lowest BCUT2D eigenvalue weighted by Gasteiger charge is -2.24. The van der Waals surface area contributed by atoms with Crippen molar-refractivity contribution in [3.63, 3.8) is 0 Å². The summed E-state index contributed by atoms with van der Waals surface area (Å²) in [5.74, 6) is 1.31. The first-order valence-electron chi connectivity index (χ1n) is 4.31. The molecule has 0 spiro atoms. The Hall–Kier alpha value is 0.310. The summed E-state index contributed by atoms with van der Waals surface area (Å²) < 4.78 is 2.52. The molecule has 2 heteroatoms. The summed E-state index contributed by atoms with van der Waals surface area (Å²) in [5.41, 5.74) is 0. The third-order valence-electron chi connectivity index (χ3n) is 1.79. The Morgan fingerprint density at radius 2 is 1.90 bits per heavy atom. The van der Waals surface area contributed by atoms with E-state index in [0.717, 1.165) is 0 Å². The van der Waals surface area contributed by atoms with Gasteiger partial charge in [-0.05, 0) is 19.3 Å². The van der Waals surface area contributed by atoms with Crippen molar-refractivity contribution in [2.45, 2.75) is 32.6 Å². The molecule has 0 aromatic rings. The molecule has 10 heavy (non-hydrogen) atoms. The second kappa shape index (κ2) is 5.03. The van der Waals surface area contributed by atoms with Gasteiger partial charge < -0.3 is 0 Å². The predicted octanol–water partition coefficient (Wildman–Crippen LogP) is 2.53. The van der Waals surface area contributed by atoms with Crippen LogP contribution in [0.2, 0.25) is 0 Å². The zero-order chi connectivity index (χ0) is 7.23. The Kier molecular flexibility index (Phi) is 4.23. The number of nitrogens with zero attached hydrogens (tertiary/aromatic N) is 1. The molecule has 60 valence electrons. The Bertz CT molecular complexity index is 79.3. The van der Waals surface area contributed by atoms with E-state index in [9.17, 15) is 0 Å². The summed E-state index contributed by atoms with van der Waals surface area (Å²) in [6.07, 6.45) is 5.58. The largest absolute Gasteiger partial charge is 0.251 e. The minimum atomic E-state index is 1.31. The van der Waals surface area contributed by atoms with Crippen LogP contribution in [0, 0.1) is 0 Å². The van der Waals surface area contributed by atoms with Gasteiger partial charge in [-0.3, -0.25) is 4.31 Å². The molecule has 1 rings (SSSR count). The molecule has 0 radical (unpaired) electrons. The Morgan fingerprint density at radius 3 is 2.50 bits per heavy atom. The molecule has 0 N–H and O–H groups in total. The van der Waals surface area contributed by atoms with Crippen LogP contribution in [-0.2, 0) is 0 Å². The summed E-state index contributed by atoms with van der Waals surface area (Å²) in [4.78, 5) is 0. The zero-order valence-corrected chi connectivity index (χ0v) is 7.62. The molecule has 0 aromatic carbocycles. The number of piperidine rings is 1.